The normalized spacial score (nSPS) is 20.3. The highest BCUT2D eigenvalue weighted by atomic mass is 32.2. The fraction of sp³-hybridized carbons (Fsp3) is 0.500. The zero-order valence-corrected chi connectivity index (χ0v) is 13.6. The lowest BCUT2D eigenvalue weighted by molar-refractivity contribution is 0.0572. The molecule has 116 valence electrons. The van der Waals surface area contributed by atoms with Gasteiger partial charge >= 0.3 is 0 Å². The zero-order valence-electron chi connectivity index (χ0n) is 12.0. The summed E-state index contributed by atoms with van der Waals surface area (Å²) in [6.45, 7) is 0.949. The summed E-state index contributed by atoms with van der Waals surface area (Å²) in [5.74, 6) is 0. The van der Waals surface area contributed by atoms with Crippen molar-refractivity contribution in [3.8, 4) is 0 Å². The Hall–Kier alpha value is -1.02. The van der Waals surface area contributed by atoms with Gasteiger partial charge in [-0.15, -0.1) is 0 Å². The first-order valence-corrected chi connectivity index (χ1v) is 8.68. The van der Waals surface area contributed by atoms with Crippen LogP contribution in [0.3, 0.4) is 0 Å². The van der Waals surface area contributed by atoms with E-state index >= 15 is 0 Å². The Labute approximate surface area is 131 Å². The maximum absolute atomic E-state index is 12.6. The fourth-order valence-corrected chi connectivity index (χ4v) is 4.12. The third-order valence-corrected chi connectivity index (χ3v) is 5.64. The molecule has 0 aromatic heterocycles. The molecule has 0 bridgehead atoms. The maximum atomic E-state index is 12.6. The summed E-state index contributed by atoms with van der Waals surface area (Å²) in [5.41, 5.74) is 6.40. The summed E-state index contributed by atoms with van der Waals surface area (Å²) in [7, 11) is -1.84. The molecule has 0 amide bonds. The van der Waals surface area contributed by atoms with E-state index in [1.165, 1.54) is 4.31 Å². The second-order valence-electron chi connectivity index (χ2n) is 5.15. The van der Waals surface area contributed by atoms with Crippen LogP contribution in [0.1, 0.15) is 18.4 Å². The van der Waals surface area contributed by atoms with Crippen molar-refractivity contribution >= 4 is 27.2 Å². The van der Waals surface area contributed by atoms with Gasteiger partial charge in [-0.2, -0.15) is 4.31 Å². The Bertz CT molecular complexity index is 599. The van der Waals surface area contributed by atoms with Gasteiger partial charge in [0.15, 0.2) is 0 Å². The minimum absolute atomic E-state index is 0.0255. The highest BCUT2D eigenvalue weighted by Gasteiger charge is 2.30. The van der Waals surface area contributed by atoms with E-state index in [2.05, 4.69) is 0 Å². The van der Waals surface area contributed by atoms with E-state index in [0.29, 0.717) is 29.4 Å². The second-order valence-corrected chi connectivity index (χ2v) is 7.61. The fourth-order valence-electron chi connectivity index (χ4n) is 2.45. The molecule has 1 aliphatic heterocycles. The van der Waals surface area contributed by atoms with Crippen LogP contribution >= 0.6 is 12.2 Å². The van der Waals surface area contributed by atoms with Gasteiger partial charge in [-0.05, 0) is 30.5 Å². The van der Waals surface area contributed by atoms with Crippen molar-refractivity contribution in [3.63, 3.8) is 0 Å². The minimum atomic E-state index is -3.46. The van der Waals surface area contributed by atoms with Gasteiger partial charge in [0, 0.05) is 26.6 Å². The Morgan fingerprint density at radius 2 is 2.10 bits per heavy atom. The van der Waals surface area contributed by atoms with E-state index in [9.17, 15) is 8.42 Å². The standard InChI is InChI=1S/C14H20N2O3S2/c1-19-12-3-2-8-16(10-12)21(17,18)13-6-4-11(5-7-13)9-14(15)20/h4-7,12H,2-3,8-10H2,1H3,(H2,15,20). The highest BCUT2D eigenvalue weighted by molar-refractivity contribution is 7.89. The molecule has 1 aromatic carbocycles. The molecule has 1 heterocycles. The first kappa shape index (κ1) is 16.4. The zero-order chi connectivity index (χ0) is 15.5. The molecule has 21 heavy (non-hydrogen) atoms. The number of sulfonamides is 1. The summed E-state index contributed by atoms with van der Waals surface area (Å²) < 4.78 is 32.0. The van der Waals surface area contributed by atoms with Crippen LogP contribution in [0.25, 0.3) is 0 Å². The molecular formula is C14H20N2O3S2. The molecule has 2 N–H and O–H groups in total. The van der Waals surface area contributed by atoms with E-state index in [-0.39, 0.29) is 6.10 Å². The van der Waals surface area contributed by atoms with Crippen LogP contribution in [0.15, 0.2) is 29.2 Å². The van der Waals surface area contributed by atoms with Gasteiger partial charge in [-0.3, -0.25) is 0 Å². The minimum Gasteiger partial charge on any atom is -0.393 e. The summed E-state index contributed by atoms with van der Waals surface area (Å²) in [6.07, 6.45) is 2.17. The van der Waals surface area contributed by atoms with Crippen molar-refractivity contribution in [3.05, 3.63) is 29.8 Å². The molecule has 1 fully saturated rings. The van der Waals surface area contributed by atoms with Gasteiger partial charge in [0.1, 0.15) is 0 Å². The third kappa shape index (κ3) is 4.00. The van der Waals surface area contributed by atoms with Gasteiger partial charge in [-0.25, -0.2) is 8.42 Å². The number of thiocarbonyl (C=S) groups is 1. The Kier molecular flexibility index (Phi) is 5.32. The van der Waals surface area contributed by atoms with Crippen molar-refractivity contribution in [1.29, 1.82) is 0 Å². The van der Waals surface area contributed by atoms with Crippen LogP contribution < -0.4 is 5.73 Å². The maximum Gasteiger partial charge on any atom is 0.243 e. The molecule has 0 saturated carbocycles. The summed E-state index contributed by atoms with van der Waals surface area (Å²) >= 11 is 4.85. The number of nitrogens with two attached hydrogens (primary N) is 1. The smallest absolute Gasteiger partial charge is 0.243 e. The molecular weight excluding hydrogens is 308 g/mol. The number of ether oxygens (including phenoxy) is 1. The van der Waals surface area contributed by atoms with Crippen molar-refractivity contribution < 1.29 is 13.2 Å². The molecule has 2 rings (SSSR count). The number of nitrogens with zero attached hydrogens (tertiary/aromatic N) is 1. The third-order valence-electron chi connectivity index (χ3n) is 3.61. The van der Waals surface area contributed by atoms with Crippen LogP contribution in [0.2, 0.25) is 0 Å². The van der Waals surface area contributed by atoms with Crippen LogP contribution in [0, 0.1) is 0 Å². The molecule has 0 radical (unpaired) electrons. The highest BCUT2D eigenvalue weighted by Crippen LogP contribution is 2.22. The van der Waals surface area contributed by atoms with Crippen LogP contribution in [0.4, 0.5) is 0 Å². The monoisotopic (exact) mass is 328 g/mol. The number of hydrogen-bond acceptors (Lipinski definition) is 4. The number of rotatable bonds is 5. The average Bonchev–Trinajstić information content (AvgIpc) is 2.47. The van der Waals surface area contributed by atoms with Crippen molar-refractivity contribution in [2.45, 2.75) is 30.3 Å². The topological polar surface area (TPSA) is 72.6 Å². The van der Waals surface area contributed by atoms with Crippen LogP contribution in [-0.2, 0) is 21.2 Å². The summed E-state index contributed by atoms with van der Waals surface area (Å²) in [6, 6.07) is 6.73. The average molecular weight is 328 g/mol. The molecule has 7 heteroatoms. The van der Waals surface area contributed by atoms with Crippen molar-refractivity contribution in [2.24, 2.45) is 5.73 Å². The molecule has 0 spiro atoms. The predicted molar refractivity (Wildman–Crippen MR) is 85.7 cm³/mol. The molecule has 1 aliphatic rings. The van der Waals surface area contributed by atoms with Crippen LogP contribution in [0.5, 0.6) is 0 Å². The number of methoxy groups -OCH3 is 1. The van der Waals surface area contributed by atoms with E-state index in [0.717, 1.165) is 18.4 Å². The van der Waals surface area contributed by atoms with Gasteiger partial charge in [0.05, 0.1) is 16.0 Å². The first-order valence-electron chi connectivity index (χ1n) is 6.83. The van der Waals surface area contributed by atoms with Gasteiger partial charge < -0.3 is 10.5 Å². The quantitative estimate of drug-likeness (QED) is 0.825. The molecule has 1 unspecified atom stereocenters. The molecule has 1 atom stereocenters. The Morgan fingerprint density at radius 1 is 1.43 bits per heavy atom. The summed E-state index contributed by atoms with van der Waals surface area (Å²) in [5, 5.41) is 0. The van der Waals surface area contributed by atoms with Gasteiger partial charge in [0.2, 0.25) is 10.0 Å². The van der Waals surface area contributed by atoms with Gasteiger partial charge in [0.25, 0.3) is 0 Å². The van der Waals surface area contributed by atoms with Crippen molar-refractivity contribution in [1.82, 2.24) is 4.31 Å². The predicted octanol–water partition coefficient (Wildman–Crippen LogP) is 1.31. The second kappa shape index (κ2) is 6.83. The SMILES string of the molecule is COC1CCCN(S(=O)(=O)c2ccc(CC(N)=S)cc2)C1. The molecule has 1 saturated heterocycles. The van der Waals surface area contributed by atoms with E-state index in [4.69, 9.17) is 22.7 Å². The largest absolute Gasteiger partial charge is 0.393 e. The lowest BCUT2D eigenvalue weighted by atomic mass is 10.1. The van der Waals surface area contributed by atoms with E-state index in [1.807, 2.05) is 0 Å². The molecule has 1 aromatic rings. The van der Waals surface area contributed by atoms with Crippen molar-refractivity contribution in [2.75, 3.05) is 20.2 Å². The Balaban J connectivity index is 2.17. The number of hydrogen-bond donors (Lipinski definition) is 1. The lowest BCUT2D eigenvalue weighted by Gasteiger charge is -2.31. The first-order chi connectivity index (χ1) is 9.93. The van der Waals surface area contributed by atoms with Crippen LogP contribution in [-0.4, -0.2) is 44.0 Å². The van der Waals surface area contributed by atoms with E-state index in [1.54, 1.807) is 31.4 Å². The number of benzene rings is 1. The molecule has 5 nitrogen and oxygen atoms in total. The Morgan fingerprint density at radius 3 is 2.67 bits per heavy atom. The lowest BCUT2D eigenvalue weighted by Crippen LogP contribution is -2.42. The summed E-state index contributed by atoms with van der Waals surface area (Å²) in [4.78, 5) is 0.690. The van der Waals surface area contributed by atoms with E-state index < -0.39 is 10.0 Å². The van der Waals surface area contributed by atoms with Gasteiger partial charge in [-0.1, -0.05) is 24.4 Å². The molecule has 0 aliphatic carbocycles. The number of piperidine rings is 1.